The third-order valence-electron chi connectivity index (χ3n) is 2.32. The molecule has 1 aromatic carbocycles. The Morgan fingerprint density at radius 2 is 2.17 bits per heavy atom. The van der Waals surface area contributed by atoms with Crippen molar-refractivity contribution >= 4 is 40.4 Å². The summed E-state index contributed by atoms with van der Waals surface area (Å²) in [5, 5.41) is 1.51. The number of hydrogen-bond acceptors (Lipinski definition) is 4. The number of nitrogens with two attached hydrogens (primary N) is 1. The van der Waals surface area contributed by atoms with Gasteiger partial charge in [0.2, 0.25) is 0 Å². The lowest BCUT2D eigenvalue weighted by Crippen LogP contribution is -2.29. The fourth-order valence-corrected chi connectivity index (χ4v) is 2.90. The Kier molecular flexibility index (Phi) is 3.87. The minimum absolute atomic E-state index is 0.366. The molecule has 18 heavy (non-hydrogen) atoms. The Labute approximate surface area is 118 Å². The van der Waals surface area contributed by atoms with Crippen LogP contribution in [0.3, 0.4) is 0 Å². The quantitative estimate of drug-likeness (QED) is 0.509. The zero-order valence-electron chi connectivity index (χ0n) is 9.33. The second kappa shape index (κ2) is 5.24. The third kappa shape index (κ3) is 2.35. The molecule has 1 amide bonds. The predicted molar refractivity (Wildman–Crippen MR) is 74.0 cm³/mol. The Morgan fingerprint density at radius 1 is 1.44 bits per heavy atom. The molecule has 0 radical (unpaired) electrons. The third-order valence-corrected chi connectivity index (χ3v) is 4.32. The number of hydrogen-bond donors (Lipinski definition) is 2. The number of thiazole rings is 1. The van der Waals surface area contributed by atoms with Crippen LogP contribution in [0, 0.1) is 6.92 Å². The van der Waals surface area contributed by atoms with Crippen LogP contribution in [-0.2, 0) is 0 Å². The van der Waals surface area contributed by atoms with Crippen molar-refractivity contribution in [3.8, 4) is 10.6 Å². The van der Waals surface area contributed by atoms with E-state index in [9.17, 15) is 4.79 Å². The highest BCUT2D eigenvalue weighted by Gasteiger charge is 2.17. The van der Waals surface area contributed by atoms with Gasteiger partial charge in [-0.25, -0.2) is 10.8 Å². The van der Waals surface area contributed by atoms with E-state index in [1.165, 1.54) is 11.3 Å². The van der Waals surface area contributed by atoms with Crippen LogP contribution in [0.4, 0.5) is 0 Å². The van der Waals surface area contributed by atoms with Gasteiger partial charge in [-0.05, 0) is 13.0 Å². The number of nitrogens with one attached hydrogen (secondary N) is 1. The minimum atomic E-state index is -0.366. The van der Waals surface area contributed by atoms with Gasteiger partial charge >= 0.3 is 0 Å². The van der Waals surface area contributed by atoms with E-state index in [2.05, 4.69) is 10.4 Å². The lowest BCUT2D eigenvalue weighted by atomic mass is 10.2. The highest BCUT2D eigenvalue weighted by molar-refractivity contribution is 7.17. The van der Waals surface area contributed by atoms with Crippen molar-refractivity contribution in [1.29, 1.82) is 0 Å². The zero-order valence-corrected chi connectivity index (χ0v) is 11.7. The molecule has 0 atom stereocenters. The molecule has 0 saturated heterocycles. The Balaban J connectivity index is 2.53. The van der Waals surface area contributed by atoms with Crippen molar-refractivity contribution < 1.29 is 4.79 Å². The SMILES string of the molecule is Cc1nc(-c2cccc(Cl)c2Cl)sc1C(=O)NN. The van der Waals surface area contributed by atoms with Crippen LogP contribution in [0.25, 0.3) is 10.6 Å². The van der Waals surface area contributed by atoms with Crippen LogP contribution >= 0.6 is 34.5 Å². The van der Waals surface area contributed by atoms with Gasteiger partial charge < -0.3 is 0 Å². The summed E-state index contributed by atoms with van der Waals surface area (Å²) in [7, 11) is 0. The van der Waals surface area contributed by atoms with Gasteiger partial charge in [-0.3, -0.25) is 10.2 Å². The Morgan fingerprint density at radius 3 is 2.83 bits per heavy atom. The molecule has 1 aromatic heterocycles. The lowest BCUT2D eigenvalue weighted by molar-refractivity contribution is 0.0957. The van der Waals surface area contributed by atoms with Crippen molar-refractivity contribution in [1.82, 2.24) is 10.4 Å². The summed E-state index contributed by atoms with van der Waals surface area (Å²) >= 11 is 13.3. The van der Waals surface area contributed by atoms with Crippen molar-refractivity contribution in [2.24, 2.45) is 5.84 Å². The van der Waals surface area contributed by atoms with E-state index < -0.39 is 0 Å². The number of halogens is 2. The van der Waals surface area contributed by atoms with Crippen molar-refractivity contribution in [2.75, 3.05) is 0 Å². The normalized spacial score (nSPS) is 10.4. The molecule has 0 unspecified atom stereocenters. The first-order chi connectivity index (χ1) is 8.54. The topological polar surface area (TPSA) is 68.0 Å². The molecule has 7 heteroatoms. The van der Waals surface area contributed by atoms with Crippen LogP contribution in [0.1, 0.15) is 15.4 Å². The molecule has 4 nitrogen and oxygen atoms in total. The maximum Gasteiger partial charge on any atom is 0.277 e. The van der Waals surface area contributed by atoms with Gasteiger partial charge in [0, 0.05) is 5.56 Å². The average Bonchev–Trinajstić information content (AvgIpc) is 2.73. The van der Waals surface area contributed by atoms with Crippen molar-refractivity contribution in [2.45, 2.75) is 6.92 Å². The van der Waals surface area contributed by atoms with E-state index >= 15 is 0 Å². The molecule has 0 aliphatic heterocycles. The molecule has 2 aromatic rings. The van der Waals surface area contributed by atoms with Crippen LogP contribution in [-0.4, -0.2) is 10.9 Å². The van der Waals surface area contributed by atoms with E-state index in [0.717, 1.165) is 0 Å². The average molecular weight is 302 g/mol. The van der Waals surface area contributed by atoms with E-state index in [1.54, 1.807) is 25.1 Å². The van der Waals surface area contributed by atoms with E-state index in [1.807, 2.05) is 0 Å². The summed E-state index contributed by atoms with van der Waals surface area (Å²) < 4.78 is 0. The Hall–Kier alpha value is -1.14. The molecule has 2 rings (SSSR count). The molecule has 94 valence electrons. The van der Waals surface area contributed by atoms with Gasteiger partial charge in [-0.15, -0.1) is 11.3 Å². The number of nitrogens with zero attached hydrogens (tertiary/aromatic N) is 1. The summed E-state index contributed by atoms with van der Waals surface area (Å²) in [6, 6.07) is 5.28. The number of carbonyl (C=O) groups is 1. The number of nitrogen functional groups attached to an aromatic ring is 1. The number of aromatic nitrogens is 1. The van der Waals surface area contributed by atoms with Gasteiger partial charge in [0.15, 0.2) is 0 Å². The largest absolute Gasteiger partial charge is 0.289 e. The van der Waals surface area contributed by atoms with Crippen LogP contribution in [0.5, 0.6) is 0 Å². The smallest absolute Gasteiger partial charge is 0.277 e. The van der Waals surface area contributed by atoms with Crippen molar-refractivity contribution in [3.63, 3.8) is 0 Å². The number of amides is 1. The van der Waals surface area contributed by atoms with Gasteiger partial charge in [-0.2, -0.15) is 0 Å². The van der Waals surface area contributed by atoms with Gasteiger partial charge in [0.1, 0.15) is 9.88 Å². The maximum atomic E-state index is 11.5. The fraction of sp³-hybridized carbons (Fsp3) is 0.0909. The second-order valence-electron chi connectivity index (χ2n) is 3.51. The summed E-state index contributed by atoms with van der Waals surface area (Å²) in [6.45, 7) is 1.74. The number of carbonyl (C=O) groups excluding carboxylic acids is 1. The second-order valence-corrected chi connectivity index (χ2v) is 5.29. The molecular formula is C11H9Cl2N3OS. The predicted octanol–water partition coefficient (Wildman–Crippen LogP) is 3.03. The molecule has 0 spiro atoms. The van der Waals surface area contributed by atoms with E-state index in [4.69, 9.17) is 29.0 Å². The summed E-state index contributed by atoms with van der Waals surface area (Å²) in [5.41, 5.74) is 3.39. The molecule has 0 fully saturated rings. The lowest BCUT2D eigenvalue weighted by Gasteiger charge is -2.01. The molecular weight excluding hydrogens is 293 g/mol. The van der Waals surface area contributed by atoms with Gasteiger partial charge in [0.25, 0.3) is 5.91 Å². The van der Waals surface area contributed by atoms with Crippen LogP contribution < -0.4 is 11.3 Å². The summed E-state index contributed by atoms with van der Waals surface area (Å²) in [5.74, 6) is 4.74. The standard InChI is InChI=1S/C11H9Cl2N3OS/c1-5-9(10(17)16-14)18-11(15-5)6-3-2-4-7(12)8(6)13/h2-4H,14H2,1H3,(H,16,17). The molecule has 0 aliphatic carbocycles. The highest BCUT2D eigenvalue weighted by atomic mass is 35.5. The molecule has 1 heterocycles. The number of benzene rings is 1. The van der Waals surface area contributed by atoms with Gasteiger partial charge in [0.05, 0.1) is 15.7 Å². The fourth-order valence-electron chi connectivity index (χ4n) is 1.46. The number of aryl methyl sites for hydroxylation is 1. The molecule has 0 aliphatic rings. The maximum absolute atomic E-state index is 11.5. The first kappa shape index (κ1) is 13.3. The first-order valence-electron chi connectivity index (χ1n) is 4.97. The highest BCUT2D eigenvalue weighted by Crippen LogP contribution is 2.36. The Bertz CT molecular complexity index is 612. The monoisotopic (exact) mass is 301 g/mol. The molecule has 0 saturated carbocycles. The molecule has 0 bridgehead atoms. The summed E-state index contributed by atoms with van der Waals surface area (Å²) in [6.07, 6.45) is 0. The van der Waals surface area contributed by atoms with Gasteiger partial charge in [-0.1, -0.05) is 35.3 Å². The van der Waals surface area contributed by atoms with Crippen LogP contribution in [0.15, 0.2) is 18.2 Å². The van der Waals surface area contributed by atoms with E-state index in [-0.39, 0.29) is 5.91 Å². The molecule has 3 N–H and O–H groups in total. The minimum Gasteiger partial charge on any atom is -0.289 e. The first-order valence-corrected chi connectivity index (χ1v) is 6.54. The van der Waals surface area contributed by atoms with E-state index in [0.29, 0.717) is 31.2 Å². The van der Waals surface area contributed by atoms with Crippen molar-refractivity contribution in [3.05, 3.63) is 38.8 Å². The number of rotatable bonds is 2. The summed E-state index contributed by atoms with van der Waals surface area (Å²) in [4.78, 5) is 16.3. The van der Waals surface area contributed by atoms with Crippen LogP contribution in [0.2, 0.25) is 10.0 Å². The zero-order chi connectivity index (χ0) is 13.3. The number of hydrazine groups is 1.